The maximum absolute atomic E-state index is 12.5. The molecule has 0 fully saturated rings. The molecule has 0 heterocycles. The highest BCUT2D eigenvalue weighted by Crippen LogP contribution is 2.12. The van der Waals surface area contributed by atoms with Crippen molar-refractivity contribution in [2.45, 2.75) is 70.9 Å². The summed E-state index contributed by atoms with van der Waals surface area (Å²) in [6, 6.07) is 7.96. The normalized spacial score (nSPS) is 12.6. The summed E-state index contributed by atoms with van der Waals surface area (Å²) >= 11 is 0. The largest absolute Gasteiger partial charge is 0.481 e. The van der Waals surface area contributed by atoms with Gasteiger partial charge in [-0.15, -0.1) is 0 Å². The predicted molar refractivity (Wildman–Crippen MR) is 132 cm³/mol. The molecule has 1 rings (SSSR count). The third-order valence-electron chi connectivity index (χ3n) is 5.11. The first-order valence-corrected chi connectivity index (χ1v) is 12.0. The number of aliphatic hydroxyl groups excluding tert-OH is 1. The van der Waals surface area contributed by atoms with E-state index in [1.54, 1.807) is 51.1 Å². The summed E-state index contributed by atoms with van der Waals surface area (Å²) in [7, 11) is 0. The Hall–Kier alpha value is -3.60. The molecule has 1 aromatic rings. The Morgan fingerprint density at radius 1 is 0.946 bits per heavy atom. The molecule has 204 valence electrons. The fraction of sp³-hybridized carbons (Fsp3) is 0.538. The molecule has 0 aromatic heterocycles. The fourth-order valence-corrected chi connectivity index (χ4v) is 3.26. The average molecular weight is 521 g/mol. The van der Waals surface area contributed by atoms with E-state index < -0.39 is 66.0 Å². The Labute approximate surface area is 216 Å². The number of hydrogen-bond donors (Lipinski definition) is 4. The van der Waals surface area contributed by atoms with E-state index in [1.165, 1.54) is 0 Å². The lowest BCUT2D eigenvalue weighted by atomic mass is 9.99. The van der Waals surface area contributed by atoms with Gasteiger partial charge in [0.05, 0.1) is 38.0 Å². The second-order valence-corrected chi connectivity index (χ2v) is 9.60. The van der Waals surface area contributed by atoms with Gasteiger partial charge in [-0.3, -0.25) is 28.8 Å². The molecular weight excluding hydrogens is 484 g/mol. The number of carboxylic acids is 1. The van der Waals surface area contributed by atoms with E-state index in [9.17, 15) is 33.9 Å². The number of aliphatic carboxylic acids is 1. The first-order valence-electron chi connectivity index (χ1n) is 12.0. The zero-order valence-electron chi connectivity index (χ0n) is 21.5. The lowest BCUT2D eigenvalue weighted by Gasteiger charge is -2.21. The van der Waals surface area contributed by atoms with Crippen LogP contribution in [0.2, 0.25) is 0 Å². The van der Waals surface area contributed by atoms with Gasteiger partial charge in [0, 0.05) is 19.3 Å². The van der Waals surface area contributed by atoms with Crippen molar-refractivity contribution in [3.05, 3.63) is 35.9 Å². The van der Waals surface area contributed by atoms with Crippen LogP contribution in [-0.4, -0.2) is 70.3 Å². The number of carbonyl (C=O) groups excluding carboxylic acids is 5. The predicted octanol–water partition coefficient (Wildman–Crippen LogP) is 0.954. The standard InChI is InChI=1S/C26H36N2O9/c1-26(2,3)37-24(35)14-18(16-29)25(36)27-15-19(30)9-11-22(32)28-20(21(31)10-12-23(33)34)13-17-7-5-4-6-8-17/h4-8,18,20,29H,9-16H2,1-3H3,(H,27,36)(H,28,32)(H,33,34)/t18-,20-/m0/s1. The molecule has 0 saturated heterocycles. The average Bonchev–Trinajstić information content (AvgIpc) is 2.82. The molecule has 0 spiro atoms. The van der Waals surface area contributed by atoms with Crippen LogP contribution in [0, 0.1) is 5.92 Å². The summed E-state index contributed by atoms with van der Waals surface area (Å²) < 4.78 is 5.13. The van der Waals surface area contributed by atoms with Crippen molar-refractivity contribution >= 4 is 35.3 Å². The Morgan fingerprint density at radius 2 is 1.59 bits per heavy atom. The van der Waals surface area contributed by atoms with E-state index >= 15 is 0 Å². The van der Waals surface area contributed by atoms with E-state index in [-0.39, 0.29) is 38.5 Å². The van der Waals surface area contributed by atoms with Gasteiger partial charge in [0.25, 0.3) is 0 Å². The van der Waals surface area contributed by atoms with Gasteiger partial charge in [-0.05, 0) is 32.8 Å². The zero-order valence-corrected chi connectivity index (χ0v) is 21.5. The van der Waals surface area contributed by atoms with Gasteiger partial charge in [0.2, 0.25) is 11.8 Å². The SMILES string of the molecule is CC(C)(C)OC(=O)C[C@@H](CO)C(=O)NCC(=O)CCC(=O)N[C@@H](Cc1ccccc1)C(=O)CCC(=O)O. The topological polar surface area (TPSA) is 176 Å². The van der Waals surface area contributed by atoms with Crippen molar-refractivity contribution in [3.63, 3.8) is 0 Å². The van der Waals surface area contributed by atoms with Crippen LogP contribution in [0.1, 0.15) is 58.4 Å². The molecule has 4 N–H and O–H groups in total. The van der Waals surface area contributed by atoms with Crippen molar-refractivity contribution in [1.29, 1.82) is 0 Å². The number of amides is 2. The fourth-order valence-electron chi connectivity index (χ4n) is 3.26. The third-order valence-corrected chi connectivity index (χ3v) is 5.11. The van der Waals surface area contributed by atoms with E-state index in [1.807, 2.05) is 0 Å². The lowest BCUT2D eigenvalue weighted by molar-refractivity contribution is -0.158. The van der Waals surface area contributed by atoms with Crippen molar-refractivity contribution in [2.24, 2.45) is 5.92 Å². The first-order chi connectivity index (χ1) is 17.3. The summed E-state index contributed by atoms with van der Waals surface area (Å²) in [5, 5.41) is 23.2. The highest BCUT2D eigenvalue weighted by Gasteiger charge is 2.26. The van der Waals surface area contributed by atoms with E-state index in [0.717, 1.165) is 5.56 Å². The van der Waals surface area contributed by atoms with Crippen LogP contribution in [0.15, 0.2) is 30.3 Å². The molecule has 37 heavy (non-hydrogen) atoms. The summed E-state index contributed by atoms with van der Waals surface area (Å²) in [4.78, 5) is 72.0. The van der Waals surface area contributed by atoms with Gasteiger partial charge in [0.1, 0.15) is 5.60 Å². The van der Waals surface area contributed by atoms with Crippen LogP contribution in [0.25, 0.3) is 0 Å². The number of aliphatic hydroxyl groups is 1. The van der Waals surface area contributed by atoms with Crippen LogP contribution < -0.4 is 10.6 Å². The molecule has 11 heteroatoms. The van der Waals surface area contributed by atoms with Gasteiger partial charge in [-0.2, -0.15) is 0 Å². The number of Topliss-reactive ketones (excluding diaryl/α,β-unsaturated/α-hetero) is 2. The molecule has 0 saturated carbocycles. The maximum Gasteiger partial charge on any atom is 0.307 e. The minimum Gasteiger partial charge on any atom is -0.481 e. The number of esters is 1. The Balaban J connectivity index is 2.56. The second-order valence-electron chi connectivity index (χ2n) is 9.60. The summed E-state index contributed by atoms with van der Waals surface area (Å²) in [6.45, 7) is 4.00. The van der Waals surface area contributed by atoms with Crippen LogP contribution in [-0.2, 0) is 39.9 Å². The number of carboxylic acid groups (broad SMARTS) is 1. The highest BCUT2D eigenvalue weighted by atomic mass is 16.6. The van der Waals surface area contributed by atoms with Gasteiger partial charge in [-0.1, -0.05) is 30.3 Å². The molecule has 0 aliphatic rings. The number of carbonyl (C=O) groups is 6. The molecule has 0 radical (unpaired) electrons. The van der Waals surface area contributed by atoms with E-state index in [4.69, 9.17) is 9.84 Å². The third kappa shape index (κ3) is 13.9. The Morgan fingerprint density at radius 3 is 2.16 bits per heavy atom. The van der Waals surface area contributed by atoms with Gasteiger partial charge < -0.3 is 25.6 Å². The van der Waals surface area contributed by atoms with Gasteiger partial charge in [0.15, 0.2) is 11.6 Å². The van der Waals surface area contributed by atoms with Crippen LogP contribution in [0.3, 0.4) is 0 Å². The van der Waals surface area contributed by atoms with Gasteiger partial charge in [-0.25, -0.2) is 0 Å². The minimum atomic E-state index is -1.12. The van der Waals surface area contributed by atoms with Crippen molar-refractivity contribution in [1.82, 2.24) is 10.6 Å². The second kappa shape index (κ2) is 15.5. The van der Waals surface area contributed by atoms with E-state index in [0.29, 0.717) is 0 Å². The van der Waals surface area contributed by atoms with Gasteiger partial charge >= 0.3 is 11.9 Å². The van der Waals surface area contributed by atoms with Crippen molar-refractivity contribution in [2.75, 3.05) is 13.2 Å². The summed E-state index contributed by atoms with van der Waals surface area (Å²) in [5.74, 6) is -5.03. The monoisotopic (exact) mass is 520 g/mol. The quantitative estimate of drug-likeness (QED) is 0.231. The number of hydrogen-bond acceptors (Lipinski definition) is 8. The smallest absolute Gasteiger partial charge is 0.307 e. The first kappa shape index (κ1) is 31.4. The van der Waals surface area contributed by atoms with E-state index in [2.05, 4.69) is 10.6 Å². The molecule has 2 atom stereocenters. The lowest BCUT2D eigenvalue weighted by Crippen LogP contribution is -2.43. The summed E-state index contributed by atoms with van der Waals surface area (Å²) in [6.07, 6.45) is -1.24. The summed E-state index contributed by atoms with van der Waals surface area (Å²) in [5.41, 5.74) is 0.0329. The molecule has 0 aliphatic carbocycles. The maximum atomic E-state index is 12.5. The Kier molecular flexibility index (Phi) is 13.2. The number of rotatable bonds is 16. The number of ketones is 2. The molecule has 0 bridgehead atoms. The molecular formula is C26H36N2O9. The van der Waals surface area contributed by atoms with Crippen molar-refractivity contribution in [3.8, 4) is 0 Å². The van der Waals surface area contributed by atoms with Crippen LogP contribution >= 0.6 is 0 Å². The van der Waals surface area contributed by atoms with Crippen LogP contribution in [0.5, 0.6) is 0 Å². The number of nitrogens with one attached hydrogen (secondary N) is 2. The molecule has 0 aliphatic heterocycles. The van der Waals surface area contributed by atoms with Crippen molar-refractivity contribution < 1.29 is 43.7 Å². The number of benzene rings is 1. The molecule has 2 amide bonds. The molecule has 0 unspecified atom stereocenters. The number of ether oxygens (including phenoxy) is 1. The highest BCUT2D eigenvalue weighted by molar-refractivity contribution is 5.93. The molecule has 11 nitrogen and oxygen atoms in total. The minimum absolute atomic E-state index is 0.176. The Bertz CT molecular complexity index is 955. The zero-order chi connectivity index (χ0) is 28.0. The molecule has 1 aromatic carbocycles. The van der Waals surface area contributed by atoms with Crippen LogP contribution in [0.4, 0.5) is 0 Å².